The van der Waals surface area contributed by atoms with E-state index in [1.165, 1.54) is 7.11 Å². The van der Waals surface area contributed by atoms with Crippen LogP contribution in [-0.2, 0) is 14.9 Å². The predicted octanol–water partition coefficient (Wildman–Crippen LogP) is -1.42. The maximum Gasteiger partial charge on any atom is 0.277 e. The molecule has 0 atom stereocenters. The lowest BCUT2D eigenvalue weighted by molar-refractivity contribution is 0.0710. The van der Waals surface area contributed by atoms with Crippen molar-refractivity contribution in [3.8, 4) is 0 Å². The molecular weight excluding hydrogens is 208 g/mol. The second kappa shape index (κ2) is 5.04. The van der Waals surface area contributed by atoms with Gasteiger partial charge < -0.3 is 9.84 Å². The van der Waals surface area contributed by atoms with Crippen molar-refractivity contribution < 1.29 is 18.3 Å². The number of methoxy groups -OCH3 is 1. The van der Waals surface area contributed by atoms with Crippen molar-refractivity contribution >= 4 is 10.2 Å². The molecule has 6 nitrogen and oxygen atoms in total. The summed E-state index contributed by atoms with van der Waals surface area (Å²) in [6, 6.07) is -0.134. The van der Waals surface area contributed by atoms with Crippen LogP contribution in [0.3, 0.4) is 0 Å². The highest BCUT2D eigenvalue weighted by molar-refractivity contribution is 7.87. The van der Waals surface area contributed by atoms with Gasteiger partial charge in [-0.25, -0.2) is 0 Å². The first-order valence-corrected chi connectivity index (χ1v) is 5.96. The predicted molar refractivity (Wildman–Crippen MR) is 51.0 cm³/mol. The summed E-state index contributed by atoms with van der Waals surface area (Å²) in [5, 5.41) is 8.95. The molecule has 14 heavy (non-hydrogen) atoms. The van der Waals surface area contributed by atoms with Gasteiger partial charge in [0.2, 0.25) is 0 Å². The van der Waals surface area contributed by atoms with E-state index >= 15 is 0 Å². The summed E-state index contributed by atoms with van der Waals surface area (Å²) in [6.07, 6.45) is 0.623. The van der Waals surface area contributed by atoms with Crippen molar-refractivity contribution in [2.75, 3.05) is 20.3 Å². The normalized spacial score (nSPS) is 27.3. The van der Waals surface area contributed by atoms with E-state index in [9.17, 15) is 8.42 Å². The molecule has 0 aliphatic heterocycles. The van der Waals surface area contributed by atoms with E-state index in [-0.39, 0.29) is 18.7 Å². The maximum atomic E-state index is 11.3. The minimum absolute atomic E-state index is 0.134. The van der Waals surface area contributed by atoms with Gasteiger partial charge >= 0.3 is 0 Å². The molecule has 7 heteroatoms. The summed E-state index contributed by atoms with van der Waals surface area (Å²) >= 11 is 0. The van der Waals surface area contributed by atoms with Gasteiger partial charge in [-0.15, -0.1) is 0 Å². The third-order valence-corrected chi connectivity index (χ3v) is 3.26. The molecule has 0 saturated heterocycles. The molecule has 0 unspecified atom stereocenters. The van der Waals surface area contributed by atoms with Crippen LogP contribution in [0.2, 0.25) is 0 Å². The van der Waals surface area contributed by atoms with Crippen molar-refractivity contribution in [2.45, 2.75) is 25.0 Å². The Morgan fingerprint density at radius 1 is 1.50 bits per heavy atom. The molecule has 0 aromatic heterocycles. The largest absolute Gasteiger partial charge is 0.393 e. The number of aliphatic hydroxyl groups is 1. The highest BCUT2D eigenvalue weighted by Gasteiger charge is 2.30. The highest BCUT2D eigenvalue weighted by Crippen LogP contribution is 2.19. The second-order valence-corrected chi connectivity index (χ2v) is 4.86. The quantitative estimate of drug-likeness (QED) is 0.483. The van der Waals surface area contributed by atoms with Crippen LogP contribution in [0, 0.1) is 0 Å². The Labute approximate surface area is 83.8 Å². The molecule has 3 N–H and O–H groups in total. The molecule has 1 rings (SSSR count). The first-order chi connectivity index (χ1) is 6.53. The number of aliphatic hydroxyl groups excluding tert-OH is 1. The molecule has 0 aromatic carbocycles. The average Bonchev–Trinajstić information content (AvgIpc) is 2.01. The van der Waals surface area contributed by atoms with Crippen molar-refractivity contribution in [2.24, 2.45) is 0 Å². The zero-order chi connectivity index (χ0) is 10.6. The Bertz CT molecular complexity index is 261. The van der Waals surface area contributed by atoms with Crippen molar-refractivity contribution in [1.82, 2.24) is 9.44 Å². The minimum atomic E-state index is -3.43. The highest BCUT2D eigenvalue weighted by atomic mass is 32.2. The number of rotatable bonds is 6. The fourth-order valence-corrected chi connectivity index (χ4v) is 2.29. The van der Waals surface area contributed by atoms with E-state index in [2.05, 4.69) is 9.44 Å². The summed E-state index contributed by atoms with van der Waals surface area (Å²) in [5.74, 6) is 0. The van der Waals surface area contributed by atoms with E-state index in [1.807, 2.05) is 0 Å². The minimum Gasteiger partial charge on any atom is -0.393 e. The second-order valence-electron chi connectivity index (χ2n) is 3.33. The molecule has 84 valence electrons. The van der Waals surface area contributed by atoms with E-state index in [4.69, 9.17) is 9.84 Å². The lowest BCUT2D eigenvalue weighted by Crippen LogP contribution is -2.50. The third-order valence-electron chi connectivity index (χ3n) is 2.03. The van der Waals surface area contributed by atoms with Gasteiger partial charge in [-0.05, 0) is 12.8 Å². The Balaban J connectivity index is 2.21. The summed E-state index contributed by atoms with van der Waals surface area (Å²) in [4.78, 5) is 0. The third kappa shape index (κ3) is 3.89. The van der Waals surface area contributed by atoms with E-state index < -0.39 is 10.2 Å². The van der Waals surface area contributed by atoms with Gasteiger partial charge in [0.15, 0.2) is 0 Å². The van der Waals surface area contributed by atoms with Crippen molar-refractivity contribution in [3.05, 3.63) is 0 Å². The van der Waals surface area contributed by atoms with E-state index in [0.29, 0.717) is 19.4 Å². The molecule has 0 amide bonds. The molecular formula is C7H16N2O4S. The molecule has 1 saturated carbocycles. The molecule has 0 bridgehead atoms. The molecule has 0 aromatic rings. The van der Waals surface area contributed by atoms with Gasteiger partial charge in [-0.2, -0.15) is 17.9 Å². The smallest absolute Gasteiger partial charge is 0.277 e. The van der Waals surface area contributed by atoms with Crippen LogP contribution in [-0.4, -0.2) is 45.9 Å². The van der Waals surface area contributed by atoms with Crippen LogP contribution in [0.25, 0.3) is 0 Å². The monoisotopic (exact) mass is 224 g/mol. The molecule has 0 radical (unpaired) electrons. The van der Waals surface area contributed by atoms with Gasteiger partial charge in [-0.3, -0.25) is 0 Å². The van der Waals surface area contributed by atoms with Gasteiger partial charge in [0.25, 0.3) is 10.2 Å². The number of hydrogen-bond donors (Lipinski definition) is 3. The summed E-state index contributed by atoms with van der Waals surface area (Å²) in [6.45, 7) is 0.593. The number of ether oxygens (including phenoxy) is 1. The molecule has 0 heterocycles. The average molecular weight is 224 g/mol. The summed E-state index contributed by atoms with van der Waals surface area (Å²) in [5.41, 5.74) is 0. The SMILES string of the molecule is COCCNS(=O)(=O)NC1CC(O)C1. The van der Waals surface area contributed by atoms with Crippen LogP contribution in [0.1, 0.15) is 12.8 Å². The lowest BCUT2D eigenvalue weighted by Gasteiger charge is -2.31. The summed E-state index contributed by atoms with van der Waals surface area (Å²) in [7, 11) is -1.92. The topological polar surface area (TPSA) is 87.7 Å². The molecule has 0 spiro atoms. The van der Waals surface area contributed by atoms with Crippen LogP contribution >= 0.6 is 0 Å². The lowest BCUT2D eigenvalue weighted by atomic mass is 9.91. The fourth-order valence-electron chi connectivity index (χ4n) is 1.22. The zero-order valence-electron chi connectivity index (χ0n) is 8.06. The summed E-state index contributed by atoms with van der Waals surface area (Å²) < 4.78 is 32.0. The van der Waals surface area contributed by atoms with E-state index in [0.717, 1.165) is 0 Å². The van der Waals surface area contributed by atoms with Crippen LogP contribution in [0.15, 0.2) is 0 Å². The molecule has 1 aliphatic rings. The Kier molecular flexibility index (Phi) is 4.27. The van der Waals surface area contributed by atoms with Gasteiger partial charge in [0.1, 0.15) is 0 Å². The van der Waals surface area contributed by atoms with Crippen molar-refractivity contribution in [3.63, 3.8) is 0 Å². The number of hydrogen-bond acceptors (Lipinski definition) is 4. The van der Waals surface area contributed by atoms with Crippen LogP contribution in [0.5, 0.6) is 0 Å². The number of nitrogens with one attached hydrogen (secondary N) is 2. The van der Waals surface area contributed by atoms with E-state index in [1.54, 1.807) is 0 Å². The Hall–Kier alpha value is -0.210. The molecule has 1 fully saturated rings. The van der Waals surface area contributed by atoms with Crippen molar-refractivity contribution in [1.29, 1.82) is 0 Å². The Morgan fingerprint density at radius 2 is 2.14 bits per heavy atom. The van der Waals surface area contributed by atoms with Crippen LogP contribution in [0.4, 0.5) is 0 Å². The first-order valence-electron chi connectivity index (χ1n) is 4.47. The van der Waals surface area contributed by atoms with Gasteiger partial charge in [0, 0.05) is 19.7 Å². The first kappa shape index (κ1) is 11.9. The molecule has 1 aliphatic carbocycles. The maximum absolute atomic E-state index is 11.3. The standard InChI is InChI=1S/C7H16N2O4S/c1-13-3-2-8-14(11,12)9-6-4-7(10)5-6/h6-10H,2-5H2,1H3. The fraction of sp³-hybridized carbons (Fsp3) is 1.00. The van der Waals surface area contributed by atoms with Gasteiger partial charge in [0.05, 0.1) is 12.7 Å². The van der Waals surface area contributed by atoms with Crippen LogP contribution < -0.4 is 9.44 Å². The van der Waals surface area contributed by atoms with Gasteiger partial charge in [-0.1, -0.05) is 0 Å². The Morgan fingerprint density at radius 3 is 2.64 bits per heavy atom. The zero-order valence-corrected chi connectivity index (χ0v) is 8.88.